The average molecular weight is 502 g/mol. The van der Waals surface area contributed by atoms with E-state index >= 15 is 0 Å². The van der Waals surface area contributed by atoms with Gasteiger partial charge in [0.2, 0.25) is 0 Å². The summed E-state index contributed by atoms with van der Waals surface area (Å²) in [6, 6.07) is 9.31. The highest BCUT2D eigenvalue weighted by Gasteiger charge is 2.22. The van der Waals surface area contributed by atoms with Crippen molar-refractivity contribution in [2.24, 2.45) is 0 Å². The molecule has 0 atom stereocenters. The van der Waals surface area contributed by atoms with E-state index in [2.05, 4.69) is 31.9 Å². The fraction of sp³-hybridized carbons (Fsp3) is 0.333. The van der Waals surface area contributed by atoms with Crippen molar-refractivity contribution in [2.75, 3.05) is 10.7 Å². The molecule has 7 nitrogen and oxygen atoms in total. The van der Waals surface area contributed by atoms with E-state index in [0.29, 0.717) is 59.0 Å². The molecule has 27 heavy (non-hydrogen) atoms. The number of hydrogen-bond donors (Lipinski definition) is 0. The van der Waals surface area contributed by atoms with Crippen molar-refractivity contribution < 1.29 is 14.6 Å². The lowest BCUT2D eigenvalue weighted by Gasteiger charge is -2.14. The molecule has 144 valence electrons. The molecule has 0 bridgehead atoms. The number of benzene rings is 2. The van der Waals surface area contributed by atoms with Crippen LogP contribution in [0.15, 0.2) is 36.4 Å². The Morgan fingerprint density at radius 3 is 1.52 bits per heavy atom. The molecular weight excluding hydrogens is 484 g/mol. The van der Waals surface area contributed by atoms with Crippen molar-refractivity contribution >= 4 is 43.2 Å². The molecule has 0 spiro atoms. The molecule has 0 aliphatic rings. The average Bonchev–Trinajstić information content (AvgIpc) is 2.65. The van der Waals surface area contributed by atoms with Crippen LogP contribution in [0.1, 0.15) is 24.0 Å². The summed E-state index contributed by atoms with van der Waals surface area (Å²) < 4.78 is 5.98. The van der Waals surface area contributed by atoms with Crippen LogP contribution < -0.4 is 4.74 Å². The van der Waals surface area contributed by atoms with Crippen LogP contribution in [0.4, 0.5) is 11.4 Å². The smallest absolute Gasteiger partial charge is 0.276 e. The van der Waals surface area contributed by atoms with Gasteiger partial charge in [0.05, 0.1) is 21.0 Å². The van der Waals surface area contributed by atoms with Gasteiger partial charge in [-0.2, -0.15) is 0 Å². The summed E-state index contributed by atoms with van der Waals surface area (Å²) >= 11 is 6.67. The SMILES string of the molecule is O=[N+]([O-])c1cccc(Oc2cccc([N+](=O)[O-])c2CCCBr)c1CCCBr. The van der Waals surface area contributed by atoms with E-state index in [9.17, 15) is 20.2 Å². The summed E-state index contributed by atoms with van der Waals surface area (Å²) in [5.41, 5.74) is 0.946. The van der Waals surface area contributed by atoms with Gasteiger partial charge in [0.15, 0.2) is 0 Å². The zero-order valence-corrected chi connectivity index (χ0v) is 17.6. The number of rotatable bonds is 10. The van der Waals surface area contributed by atoms with Crippen LogP contribution in [-0.2, 0) is 12.8 Å². The fourth-order valence-corrected chi connectivity index (χ4v) is 3.31. The zero-order chi connectivity index (χ0) is 19.8. The van der Waals surface area contributed by atoms with Gasteiger partial charge in [-0.3, -0.25) is 20.2 Å². The predicted octanol–water partition coefficient (Wildman–Crippen LogP) is 5.95. The number of hydrogen-bond acceptors (Lipinski definition) is 5. The first-order valence-electron chi connectivity index (χ1n) is 8.32. The third-order valence-electron chi connectivity index (χ3n) is 3.95. The highest BCUT2D eigenvalue weighted by molar-refractivity contribution is 9.09. The molecule has 0 amide bonds. The summed E-state index contributed by atoms with van der Waals surface area (Å²) in [6.45, 7) is 0. The number of nitro benzene ring substituents is 2. The first kappa shape index (κ1) is 21.3. The molecule has 2 rings (SSSR count). The lowest BCUT2D eigenvalue weighted by Crippen LogP contribution is -2.02. The molecule has 0 fully saturated rings. The Morgan fingerprint density at radius 2 is 1.19 bits per heavy atom. The Labute approximate surface area is 173 Å². The largest absolute Gasteiger partial charge is 0.456 e. The van der Waals surface area contributed by atoms with Crippen molar-refractivity contribution in [2.45, 2.75) is 25.7 Å². The minimum absolute atomic E-state index is 0.0131. The van der Waals surface area contributed by atoms with Crippen LogP contribution >= 0.6 is 31.9 Å². The van der Waals surface area contributed by atoms with E-state index in [1.54, 1.807) is 24.3 Å². The van der Waals surface area contributed by atoms with Gasteiger partial charge in [-0.25, -0.2) is 0 Å². The minimum atomic E-state index is -0.435. The molecule has 0 aliphatic carbocycles. The van der Waals surface area contributed by atoms with Crippen molar-refractivity contribution in [1.29, 1.82) is 0 Å². The summed E-state index contributed by atoms with van der Waals surface area (Å²) in [6.07, 6.45) is 2.33. The van der Waals surface area contributed by atoms with Gasteiger partial charge >= 0.3 is 0 Å². The molecule has 0 heterocycles. The maximum absolute atomic E-state index is 11.4. The number of nitrogens with zero attached hydrogens (tertiary/aromatic N) is 2. The Kier molecular flexibility index (Phi) is 8.18. The molecule has 0 N–H and O–H groups in total. The van der Waals surface area contributed by atoms with E-state index < -0.39 is 9.85 Å². The molecule has 0 unspecified atom stereocenters. The molecule has 0 aromatic heterocycles. The first-order chi connectivity index (χ1) is 13.0. The monoisotopic (exact) mass is 500 g/mol. The Hall–Kier alpha value is -2.00. The van der Waals surface area contributed by atoms with E-state index in [1.807, 2.05) is 0 Å². The van der Waals surface area contributed by atoms with Gasteiger partial charge in [0.25, 0.3) is 11.4 Å². The van der Waals surface area contributed by atoms with Gasteiger partial charge in [-0.15, -0.1) is 0 Å². The van der Waals surface area contributed by atoms with Crippen LogP contribution in [0.2, 0.25) is 0 Å². The highest BCUT2D eigenvalue weighted by atomic mass is 79.9. The Morgan fingerprint density at radius 1 is 0.778 bits per heavy atom. The summed E-state index contributed by atoms with van der Waals surface area (Å²) in [7, 11) is 0. The lowest BCUT2D eigenvalue weighted by molar-refractivity contribution is -0.385. The topological polar surface area (TPSA) is 95.5 Å². The van der Waals surface area contributed by atoms with E-state index in [0.717, 1.165) is 0 Å². The molecule has 2 aromatic carbocycles. The maximum Gasteiger partial charge on any atom is 0.276 e. The standard InChI is InChI=1S/C18H18Br2N2O5/c19-11-3-5-13-15(21(23)24)7-1-9-17(13)27-18-10-2-8-16(22(25)26)14(18)6-4-12-20/h1-2,7-10H,3-6,11-12H2. The van der Waals surface area contributed by atoms with Crippen LogP contribution in [0.5, 0.6) is 11.5 Å². The van der Waals surface area contributed by atoms with Crippen LogP contribution in [0.25, 0.3) is 0 Å². The van der Waals surface area contributed by atoms with Crippen LogP contribution in [0, 0.1) is 20.2 Å². The molecule has 0 saturated heterocycles. The van der Waals surface area contributed by atoms with Gasteiger partial charge in [-0.05, 0) is 37.8 Å². The Bertz CT molecular complexity index is 762. The van der Waals surface area contributed by atoms with Gasteiger partial charge < -0.3 is 4.74 Å². The number of halogens is 2. The lowest BCUT2D eigenvalue weighted by atomic mass is 10.1. The number of ether oxygens (including phenoxy) is 1. The summed E-state index contributed by atoms with van der Waals surface area (Å²) in [4.78, 5) is 21.9. The van der Waals surface area contributed by atoms with E-state index in [1.165, 1.54) is 12.1 Å². The van der Waals surface area contributed by atoms with Gasteiger partial charge in [0.1, 0.15) is 11.5 Å². The van der Waals surface area contributed by atoms with Crippen LogP contribution in [0.3, 0.4) is 0 Å². The second kappa shape index (κ2) is 10.4. The minimum Gasteiger partial charge on any atom is -0.456 e. The Balaban J connectivity index is 2.50. The van der Waals surface area contributed by atoms with Gasteiger partial charge in [-0.1, -0.05) is 44.0 Å². The van der Waals surface area contributed by atoms with Crippen molar-refractivity contribution in [1.82, 2.24) is 0 Å². The first-order valence-corrected chi connectivity index (χ1v) is 10.6. The molecule has 0 aliphatic heterocycles. The van der Waals surface area contributed by atoms with Crippen molar-refractivity contribution in [3.63, 3.8) is 0 Å². The van der Waals surface area contributed by atoms with Crippen LogP contribution in [-0.4, -0.2) is 20.5 Å². The highest BCUT2D eigenvalue weighted by Crippen LogP contribution is 2.37. The van der Waals surface area contributed by atoms with Crippen molar-refractivity contribution in [3.8, 4) is 11.5 Å². The summed E-state index contributed by atoms with van der Waals surface area (Å²) in [5.74, 6) is 0.705. The zero-order valence-electron chi connectivity index (χ0n) is 14.4. The molecule has 2 aromatic rings. The summed E-state index contributed by atoms with van der Waals surface area (Å²) in [5, 5.41) is 24.2. The quantitative estimate of drug-likeness (QED) is 0.227. The molecule has 9 heteroatoms. The van der Waals surface area contributed by atoms with Gasteiger partial charge in [0, 0.05) is 22.8 Å². The number of nitro groups is 2. The third kappa shape index (κ3) is 5.49. The molecular formula is C18H18Br2N2O5. The molecule has 0 saturated carbocycles. The second-order valence-electron chi connectivity index (χ2n) is 5.71. The molecule has 0 radical (unpaired) electrons. The van der Waals surface area contributed by atoms with Crippen molar-refractivity contribution in [3.05, 3.63) is 67.8 Å². The third-order valence-corrected chi connectivity index (χ3v) is 5.07. The van der Waals surface area contributed by atoms with E-state index in [4.69, 9.17) is 4.74 Å². The second-order valence-corrected chi connectivity index (χ2v) is 7.30. The predicted molar refractivity (Wildman–Crippen MR) is 110 cm³/mol. The fourth-order valence-electron chi connectivity index (χ4n) is 2.75. The number of alkyl halides is 2. The van der Waals surface area contributed by atoms with E-state index in [-0.39, 0.29) is 11.4 Å². The maximum atomic E-state index is 11.4. The normalized spacial score (nSPS) is 10.6.